The van der Waals surface area contributed by atoms with E-state index in [0.29, 0.717) is 31.2 Å². The summed E-state index contributed by atoms with van der Waals surface area (Å²) in [5, 5.41) is 9.09. The molecule has 1 amide bonds. The van der Waals surface area contributed by atoms with Crippen LogP contribution in [0, 0.1) is 12.7 Å². The first-order chi connectivity index (χ1) is 12.2. The quantitative estimate of drug-likeness (QED) is 0.234. The molecule has 0 heterocycles. The van der Waals surface area contributed by atoms with Crippen LogP contribution >= 0.6 is 24.0 Å². The Bertz CT molecular complexity index is 618. The highest BCUT2D eigenvalue weighted by Gasteiger charge is 2.15. The normalized spacial score (nSPS) is 11.4. The van der Waals surface area contributed by atoms with Gasteiger partial charge in [-0.25, -0.2) is 14.2 Å². The Hall–Kier alpha value is -1.58. The first-order valence-corrected chi connectivity index (χ1v) is 8.95. The van der Waals surface area contributed by atoms with Crippen molar-refractivity contribution in [1.29, 1.82) is 0 Å². The molecule has 8 heteroatoms. The molecule has 1 aromatic rings. The molecule has 0 fully saturated rings. The summed E-state index contributed by atoms with van der Waals surface area (Å²) < 4.78 is 18.5. The van der Waals surface area contributed by atoms with Crippen LogP contribution in [0.5, 0.6) is 0 Å². The number of nitrogens with one attached hydrogen (secondary N) is 3. The Kier molecular flexibility index (Phi) is 12.0. The average Bonchev–Trinajstić information content (AvgIpc) is 2.53. The number of hydrogen-bond donors (Lipinski definition) is 3. The molecule has 27 heavy (non-hydrogen) atoms. The fraction of sp³-hybridized carbons (Fsp3) is 0.579. The number of guanidine groups is 1. The van der Waals surface area contributed by atoms with E-state index in [-0.39, 0.29) is 29.8 Å². The molecule has 0 aromatic heterocycles. The van der Waals surface area contributed by atoms with E-state index in [1.165, 1.54) is 6.07 Å². The van der Waals surface area contributed by atoms with Crippen molar-refractivity contribution in [3.05, 3.63) is 35.1 Å². The Labute approximate surface area is 178 Å². The lowest BCUT2D eigenvalue weighted by Gasteiger charge is -2.19. The Morgan fingerprint density at radius 3 is 2.44 bits per heavy atom. The molecule has 0 radical (unpaired) electrons. The van der Waals surface area contributed by atoms with Gasteiger partial charge in [0.2, 0.25) is 0 Å². The van der Waals surface area contributed by atoms with Gasteiger partial charge in [-0.1, -0.05) is 12.1 Å². The summed E-state index contributed by atoms with van der Waals surface area (Å²) >= 11 is 0. The second-order valence-electron chi connectivity index (χ2n) is 6.99. The molecule has 0 saturated heterocycles. The van der Waals surface area contributed by atoms with Crippen LogP contribution in [0.3, 0.4) is 0 Å². The predicted molar refractivity (Wildman–Crippen MR) is 118 cm³/mol. The van der Waals surface area contributed by atoms with Crippen LogP contribution in [-0.4, -0.2) is 37.3 Å². The third kappa shape index (κ3) is 11.7. The minimum Gasteiger partial charge on any atom is -0.444 e. The van der Waals surface area contributed by atoms with E-state index in [1.807, 2.05) is 27.7 Å². The second-order valence-corrected chi connectivity index (χ2v) is 6.99. The van der Waals surface area contributed by atoms with Crippen LogP contribution in [-0.2, 0) is 11.3 Å². The fourth-order valence-electron chi connectivity index (χ4n) is 2.12. The van der Waals surface area contributed by atoms with Gasteiger partial charge in [0.15, 0.2) is 5.96 Å². The van der Waals surface area contributed by atoms with Crippen LogP contribution in [0.4, 0.5) is 9.18 Å². The zero-order chi connectivity index (χ0) is 19.6. The molecule has 6 nitrogen and oxygen atoms in total. The van der Waals surface area contributed by atoms with E-state index in [1.54, 1.807) is 19.1 Å². The summed E-state index contributed by atoms with van der Waals surface area (Å²) in [4.78, 5) is 16.0. The van der Waals surface area contributed by atoms with Crippen LogP contribution in [0.1, 0.15) is 45.2 Å². The third-order valence-electron chi connectivity index (χ3n) is 3.30. The van der Waals surface area contributed by atoms with Crippen LogP contribution in [0.25, 0.3) is 0 Å². The van der Waals surface area contributed by atoms with Gasteiger partial charge in [-0.2, -0.15) is 0 Å². The van der Waals surface area contributed by atoms with Crippen molar-refractivity contribution in [2.24, 2.45) is 4.99 Å². The van der Waals surface area contributed by atoms with Gasteiger partial charge in [-0.15, -0.1) is 24.0 Å². The Morgan fingerprint density at radius 2 is 1.85 bits per heavy atom. The molecule has 0 aliphatic rings. The number of aliphatic imine (C=N–C) groups is 1. The largest absolute Gasteiger partial charge is 0.444 e. The zero-order valence-corrected chi connectivity index (χ0v) is 19.1. The maximum absolute atomic E-state index is 13.3. The zero-order valence-electron chi connectivity index (χ0n) is 16.8. The predicted octanol–water partition coefficient (Wildman–Crippen LogP) is 3.72. The SMILES string of the molecule is CCNC(=NCc1ccc(F)c(C)c1)NCCCNC(=O)OC(C)(C)C.I. The number of carbonyl (C=O) groups is 1. The highest BCUT2D eigenvalue weighted by molar-refractivity contribution is 14.0. The molecule has 0 aliphatic carbocycles. The van der Waals surface area contributed by atoms with Crippen LogP contribution < -0.4 is 16.0 Å². The van der Waals surface area contributed by atoms with E-state index >= 15 is 0 Å². The highest BCUT2D eigenvalue weighted by atomic mass is 127. The maximum Gasteiger partial charge on any atom is 0.407 e. The number of alkyl carbamates (subject to hydrolysis) is 1. The van der Waals surface area contributed by atoms with Gasteiger partial charge in [0.1, 0.15) is 11.4 Å². The molecular weight excluding hydrogens is 462 g/mol. The van der Waals surface area contributed by atoms with Crippen molar-refractivity contribution in [1.82, 2.24) is 16.0 Å². The lowest BCUT2D eigenvalue weighted by molar-refractivity contribution is 0.0527. The molecule has 0 unspecified atom stereocenters. The first kappa shape index (κ1) is 25.4. The molecule has 154 valence electrons. The smallest absolute Gasteiger partial charge is 0.407 e. The number of rotatable bonds is 7. The molecule has 1 aromatic carbocycles. The molecule has 0 atom stereocenters. The van der Waals surface area contributed by atoms with E-state index in [2.05, 4.69) is 20.9 Å². The van der Waals surface area contributed by atoms with Gasteiger partial charge >= 0.3 is 6.09 Å². The number of carbonyl (C=O) groups excluding carboxylic acids is 1. The van der Waals surface area contributed by atoms with Crippen LogP contribution in [0.15, 0.2) is 23.2 Å². The van der Waals surface area contributed by atoms with E-state index in [4.69, 9.17) is 4.74 Å². The molecular formula is C19H32FIN4O2. The highest BCUT2D eigenvalue weighted by Crippen LogP contribution is 2.10. The number of hydrogen-bond acceptors (Lipinski definition) is 3. The summed E-state index contributed by atoms with van der Waals surface area (Å²) in [6.45, 7) is 11.6. The van der Waals surface area contributed by atoms with Crippen molar-refractivity contribution in [2.45, 2.75) is 53.2 Å². The monoisotopic (exact) mass is 494 g/mol. The number of benzene rings is 1. The lowest BCUT2D eigenvalue weighted by atomic mass is 10.1. The summed E-state index contributed by atoms with van der Waals surface area (Å²) in [6.07, 6.45) is 0.323. The van der Waals surface area contributed by atoms with Crippen molar-refractivity contribution in [3.8, 4) is 0 Å². The van der Waals surface area contributed by atoms with E-state index in [0.717, 1.165) is 18.5 Å². The van der Waals surface area contributed by atoms with Gasteiger partial charge in [0.25, 0.3) is 0 Å². The molecule has 0 saturated carbocycles. The number of halogens is 2. The van der Waals surface area contributed by atoms with E-state index < -0.39 is 11.7 Å². The fourth-order valence-corrected chi connectivity index (χ4v) is 2.12. The third-order valence-corrected chi connectivity index (χ3v) is 3.30. The summed E-state index contributed by atoms with van der Waals surface area (Å²) in [5.74, 6) is 0.479. The number of aryl methyl sites for hydroxylation is 1. The number of ether oxygens (including phenoxy) is 1. The van der Waals surface area contributed by atoms with Gasteiger partial charge < -0.3 is 20.7 Å². The molecule has 0 spiro atoms. The second kappa shape index (κ2) is 12.7. The standard InChI is InChI=1S/C19H31FN4O2.HI/c1-6-21-17(24-13-15-8-9-16(20)14(2)12-15)22-10-7-11-23-18(25)26-19(3,4)5;/h8-9,12H,6-7,10-11,13H2,1-5H3,(H,23,25)(H2,21,22,24);1H. The van der Waals surface area contributed by atoms with Gasteiger partial charge in [0, 0.05) is 19.6 Å². The van der Waals surface area contributed by atoms with Crippen molar-refractivity contribution < 1.29 is 13.9 Å². The Balaban J connectivity index is 0.00000676. The molecule has 1 rings (SSSR count). The number of amides is 1. The van der Waals surface area contributed by atoms with Gasteiger partial charge in [-0.3, -0.25) is 0 Å². The van der Waals surface area contributed by atoms with Crippen molar-refractivity contribution in [3.63, 3.8) is 0 Å². The van der Waals surface area contributed by atoms with E-state index in [9.17, 15) is 9.18 Å². The topological polar surface area (TPSA) is 74.8 Å². The summed E-state index contributed by atoms with van der Waals surface area (Å²) in [7, 11) is 0. The molecule has 0 aliphatic heterocycles. The van der Waals surface area contributed by atoms with Crippen molar-refractivity contribution in [2.75, 3.05) is 19.6 Å². The molecule has 0 bridgehead atoms. The lowest BCUT2D eigenvalue weighted by Crippen LogP contribution is -2.39. The minimum absolute atomic E-state index is 0. The number of nitrogens with zero attached hydrogens (tertiary/aromatic N) is 1. The minimum atomic E-state index is -0.494. The average molecular weight is 494 g/mol. The maximum atomic E-state index is 13.3. The first-order valence-electron chi connectivity index (χ1n) is 8.95. The molecule has 3 N–H and O–H groups in total. The summed E-state index contributed by atoms with van der Waals surface area (Å²) in [5.41, 5.74) is 1.07. The van der Waals surface area contributed by atoms with Gasteiger partial charge in [0.05, 0.1) is 6.54 Å². The van der Waals surface area contributed by atoms with Gasteiger partial charge in [-0.05, 0) is 58.2 Å². The van der Waals surface area contributed by atoms with Crippen molar-refractivity contribution >= 4 is 36.0 Å². The Morgan fingerprint density at radius 1 is 1.19 bits per heavy atom. The summed E-state index contributed by atoms with van der Waals surface area (Å²) in [6, 6.07) is 5.00. The van der Waals surface area contributed by atoms with Crippen LogP contribution in [0.2, 0.25) is 0 Å².